The molecule has 1 aromatic rings. The van der Waals surface area contributed by atoms with E-state index in [0.29, 0.717) is 48.7 Å². The summed E-state index contributed by atoms with van der Waals surface area (Å²) in [6, 6.07) is 0.0807. The van der Waals surface area contributed by atoms with Crippen LogP contribution in [0, 0.1) is 0 Å². The molecule has 0 aromatic carbocycles. The highest BCUT2D eigenvalue weighted by Crippen LogP contribution is 2.36. The van der Waals surface area contributed by atoms with E-state index >= 15 is 0 Å². The lowest BCUT2D eigenvalue weighted by Crippen LogP contribution is -2.54. The molecule has 3 rings (SSSR count). The van der Waals surface area contributed by atoms with Crippen molar-refractivity contribution in [3.05, 3.63) is 11.1 Å². The predicted molar refractivity (Wildman–Crippen MR) is 90.8 cm³/mol. The van der Waals surface area contributed by atoms with E-state index in [2.05, 4.69) is 15.2 Å². The molecule has 1 amide bonds. The molecule has 1 unspecified atom stereocenters. The molecule has 1 N–H and O–H groups in total. The molecule has 2 heterocycles. The zero-order valence-corrected chi connectivity index (χ0v) is 15.0. The SMILES string of the molecule is CC(C(=O)NC1CCCC1)N1CCN(c2ncc(C(F)(F)F)s2)CC1. The van der Waals surface area contributed by atoms with Crippen molar-refractivity contribution in [2.45, 2.75) is 50.9 Å². The average Bonchev–Trinajstić information content (AvgIpc) is 3.25. The Kier molecular flexibility index (Phi) is 5.52. The lowest BCUT2D eigenvalue weighted by molar-refractivity contribution is -0.134. The van der Waals surface area contributed by atoms with Crippen LogP contribution >= 0.6 is 11.3 Å². The van der Waals surface area contributed by atoms with Crippen LogP contribution in [0.5, 0.6) is 0 Å². The Morgan fingerprint density at radius 3 is 2.48 bits per heavy atom. The van der Waals surface area contributed by atoms with Crippen LogP contribution in [0.4, 0.5) is 18.3 Å². The van der Waals surface area contributed by atoms with Crippen LogP contribution in [-0.4, -0.2) is 54.1 Å². The predicted octanol–water partition coefficient (Wildman–Crippen LogP) is 2.73. The summed E-state index contributed by atoms with van der Waals surface area (Å²) in [5.41, 5.74) is 0. The van der Waals surface area contributed by atoms with E-state index in [1.54, 1.807) is 0 Å². The van der Waals surface area contributed by atoms with Crippen molar-refractivity contribution in [3.63, 3.8) is 0 Å². The van der Waals surface area contributed by atoms with Crippen LogP contribution in [0.25, 0.3) is 0 Å². The monoisotopic (exact) mass is 376 g/mol. The highest BCUT2D eigenvalue weighted by atomic mass is 32.1. The van der Waals surface area contributed by atoms with Gasteiger partial charge in [-0.15, -0.1) is 0 Å². The number of hydrogen-bond acceptors (Lipinski definition) is 5. The second kappa shape index (κ2) is 7.49. The molecule has 1 aromatic heterocycles. The Labute approximate surface area is 149 Å². The van der Waals surface area contributed by atoms with E-state index in [-0.39, 0.29) is 11.9 Å². The molecular formula is C16H23F3N4OS. The van der Waals surface area contributed by atoms with E-state index in [4.69, 9.17) is 0 Å². The van der Waals surface area contributed by atoms with E-state index in [1.165, 1.54) is 12.8 Å². The Balaban J connectivity index is 1.51. The van der Waals surface area contributed by atoms with Gasteiger partial charge in [0.2, 0.25) is 5.91 Å². The minimum absolute atomic E-state index is 0.0500. The summed E-state index contributed by atoms with van der Waals surface area (Å²) in [6.07, 6.45) is 1.00. The quantitative estimate of drug-likeness (QED) is 0.878. The maximum Gasteiger partial charge on any atom is 0.427 e. The van der Waals surface area contributed by atoms with E-state index < -0.39 is 11.1 Å². The first-order valence-electron chi connectivity index (χ1n) is 8.67. The number of piperazine rings is 1. The van der Waals surface area contributed by atoms with Gasteiger partial charge in [-0.25, -0.2) is 4.98 Å². The van der Waals surface area contributed by atoms with Gasteiger partial charge >= 0.3 is 6.18 Å². The van der Waals surface area contributed by atoms with Gasteiger partial charge in [-0.05, 0) is 19.8 Å². The number of aromatic nitrogens is 1. The summed E-state index contributed by atoms with van der Waals surface area (Å²) in [5.74, 6) is 0.0500. The van der Waals surface area contributed by atoms with Gasteiger partial charge < -0.3 is 10.2 Å². The number of nitrogens with zero attached hydrogens (tertiary/aromatic N) is 3. The van der Waals surface area contributed by atoms with E-state index in [0.717, 1.165) is 19.0 Å². The summed E-state index contributed by atoms with van der Waals surface area (Å²) in [5, 5.41) is 3.51. The summed E-state index contributed by atoms with van der Waals surface area (Å²) in [4.78, 5) is 19.5. The topological polar surface area (TPSA) is 48.5 Å². The van der Waals surface area contributed by atoms with Gasteiger partial charge in [-0.1, -0.05) is 24.2 Å². The lowest BCUT2D eigenvalue weighted by Gasteiger charge is -2.37. The number of nitrogens with one attached hydrogen (secondary N) is 1. The Morgan fingerprint density at radius 2 is 1.92 bits per heavy atom. The first kappa shape index (κ1) is 18.4. The lowest BCUT2D eigenvalue weighted by atomic mass is 10.2. The molecule has 1 atom stereocenters. The Morgan fingerprint density at radius 1 is 1.28 bits per heavy atom. The molecule has 1 aliphatic heterocycles. The third kappa shape index (κ3) is 4.44. The van der Waals surface area contributed by atoms with Crippen molar-refractivity contribution in [3.8, 4) is 0 Å². The largest absolute Gasteiger partial charge is 0.427 e. The second-order valence-electron chi connectivity index (χ2n) is 6.69. The molecule has 2 aliphatic rings. The van der Waals surface area contributed by atoms with Crippen molar-refractivity contribution in [1.29, 1.82) is 0 Å². The van der Waals surface area contributed by atoms with Crippen molar-refractivity contribution in [1.82, 2.24) is 15.2 Å². The molecule has 0 spiro atoms. The first-order valence-corrected chi connectivity index (χ1v) is 9.48. The van der Waals surface area contributed by atoms with E-state index in [9.17, 15) is 18.0 Å². The fourth-order valence-corrected chi connectivity index (χ4v) is 4.24. The van der Waals surface area contributed by atoms with Gasteiger partial charge in [-0.3, -0.25) is 9.69 Å². The molecule has 0 radical (unpaired) electrons. The third-order valence-electron chi connectivity index (χ3n) is 4.99. The fraction of sp³-hybridized carbons (Fsp3) is 0.750. The van der Waals surface area contributed by atoms with Crippen LogP contribution in [-0.2, 0) is 11.0 Å². The maximum atomic E-state index is 12.7. The number of halogens is 3. The van der Waals surface area contributed by atoms with Crippen molar-refractivity contribution >= 4 is 22.4 Å². The Hall–Kier alpha value is -1.35. The smallest absolute Gasteiger partial charge is 0.352 e. The molecule has 0 bridgehead atoms. The zero-order chi connectivity index (χ0) is 18.0. The van der Waals surface area contributed by atoms with Crippen LogP contribution in [0.15, 0.2) is 6.20 Å². The van der Waals surface area contributed by atoms with Crippen molar-refractivity contribution in [2.24, 2.45) is 0 Å². The van der Waals surface area contributed by atoms with Gasteiger partial charge in [0.25, 0.3) is 0 Å². The summed E-state index contributed by atoms with van der Waals surface area (Å²) < 4.78 is 38.1. The molecule has 140 valence electrons. The van der Waals surface area contributed by atoms with Gasteiger partial charge in [0.15, 0.2) is 5.13 Å². The average molecular weight is 376 g/mol. The molecule has 1 saturated heterocycles. The highest BCUT2D eigenvalue weighted by molar-refractivity contribution is 7.15. The molecule has 5 nitrogen and oxygen atoms in total. The number of thiazole rings is 1. The van der Waals surface area contributed by atoms with Crippen LogP contribution in [0.1, 0.15) is 37.5 Å². The van der Waals surface area contributed by atoms with Crippen LogP contribution < -0.4 is 10.2 Å². The first-order chi connectivity index (χ1) is 11.8. The second-order valence-corrected chi connectivity index (χ2v) is 7.70. The van der Waals surface area contributed by atoms with Crippen molar-refractivity contribution in [2.75, 3.05) is 31.1 Å². The zero-order valence-electron chi connectivity index (χ0n) is 14.2. The van der Waals surface area contributed by atoms with Gasteiger partial charge in [0, 0.05) is 32.2 Å². The Bertz CT molecular complexity index is 592. The number of carbonyl (C=O) groups excluding carboxylic acids is 1. The molecule has 25 heavy (non-hydrogen) atoms. The molecule has 1 aliphatic carbocycles. The maximum absolute atomic E-state index is 12.7. The van der Waals surface area contributed by atoms with Gasteiger partial charge in [0.1, 0.15) is 4.88 Å². The summed E-state index contributed by atoms with van der Waals surface area (Å²) in [7, 11) is 0. The van der Waals surface area contributed by atoms with Crippen molar-refractivity contribution < 1.29 is 18.0 Å². The fourth-order valence-electron chi connectivity index (χ4n) is 3.40. The summed E-state index contributed by atoms with van der Waals surface area (Å²) >= 11 is 0.676. The van der Waals surface area contributed by atoms with Gasteiger partial charge in [0.05, 0.1) is 12.2 Å². The number of rotatable bonds is 4. The van der Waals surface area contributed by atoms with E-state index in [1.807, 2.05) is 11.8 Å². The van der Waals surface area contributed by atoms with Crippen LogP contribution in [0.2, 0.25) is 0 Å². The van der Waals surface area contributed by atoms with Crippen LogP contribution in [0.3, 0.4) is 0 Å². The molecular weight excluding hydrogens is 353 g/mol. The molecule has 2 fully saturated rings. The molecule has 9 heteroatoms. The minimum atomic E-state index is -4.34. The number of carbonyl (C=O) groups is 1. The minimum Gasteiger partial charge on any atom is -0.352 e. The number of amides is 1. The normalized spacial score (nSPS) is 21.5. The van der Waals surface area contributed by atoms with Gasteiger partial charge in [-0.2, -0.15) is 13.2 Å². The number of hydrogen-bond donors (Lipinski definition) is 1. The number of alkyl halides is 3. The third-order valence-corrected chi connectivity index (χ3v) is 6.09. The standard InChI is InChI=1S/C16H23F3N4OS/c1-11(14(24)21-12-4-2-3-5-12)22-6-8-23(9-7-22)15-20-10-13(25-15)16(17,18)19/h10-12H,2-9H2,1H3,(H,21,24). The number of anilines is 1. The highest BCUT2D eigenvalue weighted by Gasteiger charge is 2.34. The molecule has 1 saturated carbocycles. The summed E-state index contributed by atoms with van der Waals surface area (Å²) in [6.45, 7) is 4.32.